The van der Waals surface area contributed by atoms with Gasteiger partial charge in [-0.2, -0.15) is 0 Å². The lowest BCUT2D eigenvalue weighted by molar-refractivity contribution is -0.136. The Bertz CT molecular complexity index is 700. The van der Waals surface area contributed by atoms with Gasteiger partial charge >= 0.3 is 0 Å². The van der Waals surface area contributed by atoms with Gasteiger partial charge in [-0.25, -0.2) is 0 Å². The minimum Gasteiger partial charge on any atom is -0.496 e. The van der Waals surface area contributed by atoms with Crippen molar-refractivity contribution < 1.29 is 14.3 Å². The van der Waals surface area contributed by atoms with Gasteiger partial charge in [0, 0.05) is 37.7 Å². The second-order valence-electron chi connectivity index (χ2n) is 7.62. The van der Waals surface area contributed by atoms with Crippen LogP contribution in [0.25, 0.3) is 0 Å². The molecule has 142 valence electrons. The highest BCUT2D eigenvalue weighted by molar-refractivity contribution is 5.96. The molecule has 0 spiro atoms. The van der Waals surface area contributed by atoms with E-state index < -0.39 is 0 Å². The Morgan fingerprint density at radius 2 is 1.54 bits per heavy atom. The van der Waals surface area contributed by atoms with Gasteiger partial charge in [0.1, 0.15) is 5.75 Å². The lowest BCUT2D eigenvalue weighted by atomic mass is 9.97. The van der Waals surface area contributed by atoms with E-state index in [0.29, 0.717) is 32.1 Å². The van der Waals surface area contributed by atoms with E-state index in [1.807, 2.05) is 36.6 Å². The van der Waals surface area contributed by atoms with Crippen LogP contribution in [0.5, 0.6) is 5.75 Å². The van der Waals surface area contributed by atoms with E-state index in [0.717, 1.165) is 40.8 Å². The maximum atomic E-state index is 13.0. The number of ether oxygens (including phenoxy) is 1. The molecule has 1 aliphatic carbocycles. The molecule has 0 bridgehead atoms. The van der Waals surface area contributed by atoms with Gasteiger partial charge < -0.3 is 14.5 Å². The molecule has 1 saturated heterocycles. The molecular weight excluding hydrogens is 328 g/mol. The van der Waals surface area contributed by atoms with E-state index in [1.165, 1.54) is 12.8 Å². The highest BCUT2D eigenvalue weighted by Gasteiger charge is 2.31. The summed E-state index contributed by atoms with van der Waals surface area (Å²) in [5.41, 5.74) is 3.72. The molecule has 5 heteroatoms. The topological polar surface area (TPSA) is 49.9 Å². The maximum Gasteiger partial charge on any atom is 0.254 e. The molecule has 3 rings (SSSR count). The molecule has 1 aromatic carbocycles. The van der Waals surface area contributed by atoms with E-state index >= 15 is 0 Å². The third-order valence-corrected chi connectivity index (χ3v) is 6.04. The van der Waals surface area contributed by atoms with Crippen LogP contribution >= 0.6 is 0 Å². The Labute approximate surface area is 156 Å². The molecular formula is C21H30N2O3. The normalized spacial score (nSPS) is 18.3. The first-order valence-electron chi connectivity index (χ1n) is 9.67. The zero-order valence-electron chi connectivity index (χ0n) is 16.4. The van der Waals surface area contributed by atoms with E-state index in [-0.39, 0.29) is 11.8 Å². The molecule has 0 radical (unpaired) electrons. The molecule has 1 saturated carbocycles. The molecule has 5 nitrogen and oxygen atoms in total. The fourth-order valence-electron chi connectivity index (χ4n) is 4.33. The Morgan fingerprint density at radius 1 is 0.962 bits per heavy atom. The van der Waals surface area contributed by atoms with Crippen LogP contribution < -0.4 is 4.74 Å². The van der Waals surface area contributed by atoms with Crippen LogP contribution in [0.3, 0.4) is 0 Å². The van der Waals surface area contributed by atoms with Gasteiger partial charge in [0.15, 0.2) is 0 Å². The van der Waals surface area contributed by atoms with Crippen molar-refractivity contribution in [2.45, 2.75) is 46.5 Å². The second-order valence-corrected chi connectivity index (χ2v) is 7.62. The summed E-state index contributed by atoms with van der Waals surface area (Å²) in [5, 5.41) is 0. The van der Waals surface area contributed by atoms with Crippen LogP contribution in [0.2, 0.25) is 0 Å². The molecule has 1 heterocycles. The number of hydrogen-bond acceptors (Lipinski definition) is 3. The average molecular weight is 358 g/mol. The molecule has 1 aromatic rings. The summed E-state index contributed by atoms with van der Waals surface area (Å²) in [6, 6.07) is 1.93. The van der Waals surface area contributed by atoms with Crippen molar-refractivity contribution in [2.24, 2.45) is 5.92 Å². The molecule has 2 fully saturated rings. The van der Waals surface area contributed by atoms with Crippen LogP contribution in [-0.2, 0) is 4.79 Å². The molecule has 0 unspecified atom stereocenters. The van der Waals surface area contributed by atoms with Crippen LogP contribution in [0, 0.1) is 26.7 Å². The van der Waals surface area contributed by atoms with Gasteiger partial charge in [-0.1, -0.05) is 12.8 Å². The van der Waals surface area contributed by atoms with Gasteiger partial charge in [-0.15, -0.1) is 0 Å². The zero-order chi connectivity index (χ0) is 18.8. The van der Waals surface area contributed by atoms with E-state index in [4.69, 9.17) is 4.74 Å². The van der Waals surface area contributed by atoms with E-state index in [9.17, 15) is 9.59 Å². The molecule has 0 N–H and O–H groups in total. The van der Waals surface area contributed by atoms with Crippen molar-refractivity contribution in [3.63, 3.8) is 0 Å². The first-order valence-corrected chi connectivity index (χ1v) is 9.67. The molecule has 0 atom stereocenters. The molecule has 2 amide bonds. The predicted molar refractivity (Wildman–Crippen MR) is 102 cm³/mol. The Kier molecular flexibility index (Phi) is 5.54. The van der Waals surface area contributed by atoms with Crippen molar-refractivity contribution in [3.05, 3.63) is 28.3 Å². The summed E-state index contributed by atoms with van der Waals surface area (Å²) in [6.07, 6.45) is 4.40. The van der Waals surface area contributed by atoms with Crippen LogP contribution in [0.1, 0.15) is 52.7 Å². The van der Waals surface area contributed by atoms with Gasteiger partial charge in [-0.3, -0.25) is 9.59 Å². The summed E-state index contributed by atoms with van der Waals surface area (Å²) in [5.74, 6) is 1.42. The van der Waals surface area contributed by atoms with Crippen molar-refractivity contribution in [1.29, 1.82) is 0 Å². The number of rotatable bonds is 3. The van der Waals surface area contributed by atoms with Gasteiger partial charge in [0.05, 0.1) is 7.11 Å². The first kappa shape index (κ1) is 18.7. The summed E-state index contributed by atoms with van der Waals surface area (Å²) < 4.78 is 5.46. The largest absolute Gasteiger partial charge is 0.496 e. The Morgan fingerprint density at radius 3 is 2.12 bits per heavy atom. The number of aryl methyl sites for hydroxylation is 1. The number of piperazine rings is 1. The summed E-state index contributed by atoms with van der Waals surface area (Å²) >= 11 is 0. The zero-order valence-corrected chi connectivity index (χ0v) is 16.4. The van der Waals surface area contributed by atoms with Crippen LogP contribution in [0.15, 0.2) is 6.07 Å². The van der Waals surface area contributed by atoms with Gasteiger partial charge in [0.25, 0.3) is 5.91 Å². The first-order chi connectivity index (χ1) is 12.4. The SMILES string of the molecule is COc1c(C)cc(C(=O)N2CCN(C(=O)C3CCCC3)CC2)c(C)c1C. The summed E-state index contributed by atoms with van der Waals surface area (Å²) in [7, 11) is 1.66. The van der Waals surface area contributed by atoms with Gasteiger partial charge in [-0.05, 0) is 56.4 Å². The quantitative estimate of drug-likeness (QED) is 0.834. The van der Waals surface area contributed by atoms with Crippen LogP contribution in [-0.4, -0.2) is 54.9 Å². The highest BCUT2D eigenvalue weighted by Crippen LogP contribution is 2.30. The molecule has 26 heavy (non-hydrogen) atoms. The fourth-order valence-corrected chi connectivity index (χ4v) is 4.33. The third-order valence-electron chi connectivity index (χ3n) is 6.04. The summed E-state index contributed by atoms with van der Waals surface area (Å²) in [4.78, 5) is 29.4. The second kappa shape index (κ2) is 7.68. The molecule has 1 aliphatic heterocycles. The number of carbonyl (C=O) groups is 2. The minimum absolute atomic E-state index is 0.0596. The monoisotopic (exact) mass is 358 g/mol. The predicted octanol–water partition coefficient (Wildman–Crippen LogP) is 3.10. The van der Waals surface area contributed by atoms with E-state index in [1.54, 1.807) is 7.11 Å². The number of methoxy groups -OCH3 is 1. The van der Waals surface area contributed by atoms with Crippen LogP contribution in [0.4, 0.5) is 0 Å². The number of nitrogens with zero attached hydrogens (tertiary/aromatic N) is 2. The van der Waals surface area contributed by atoms with Crippen molar-refractivity contribution in [3.8, 4) is 5.75 Å². The average Bonchev–Trinajstić information content (AvgIpc) is 3.19. The smallest absolute Gasteiger partial charge is 0.254 e. The van der Waals surface area contributed by atoms with Crippen molar-refractivity contribution in [1.82, 2.24) is 9.80 Å². The number of benzene rings is 1. The van der Waals surface area contributed by atoms with Gasteiger partial charge in [0.2, 0.25) is 5.91 Å². The highest BCUT2D eigenvalue weighted by atomic mass is 16.5. The van der Waals surface area contributed by atoms with E-state index in [2.05, 4.69) is 0 Å². The standard InChI is InChI=1S/C21H30N2O3/c1-14-13-18(15(2)16(3)19(14)26-4)21(25)23-11-9-22(10-12-23)20(24)17-7-5-6-8-17/h13,17H,5-12H2,1-4H3. The summed E-state index contributed by atoms with van der Waals surface area (Å²) in [6.45, 7) is 8.46. The number of amides is 2. The Balaban J connectivity index is 1.68. The van der Waals surface area contributed by atoms with Crippen molar-refractivity contribution in [2.75, 3.05) is 33.3 Å². The Hall–Kier alpha value is -2.04. The van der Waals surface area contributed by atoms with Crippen molar-refractivity contribution >= 4 is 11.8 Å². The molecule has 2 aliphatic rings. The number of hydrogen-bond donors (Lipinski definition) is 0. The number of carbonyl (C=O) groups excluding carboxylic acids is 2. The fraction of sp³-hybridized carbons (Fsp3) is 0.619. The minimum atomic E-state index is 0.0596. The third kappa shape index (κ3) is 3.44. The lowest BCUT2D eigenvalue weighted by Crippen LogP contribution is -2.51. The lowest BCUT2D eigenvalue weighted by Gasteiger charge is -2.36. The maximum absolute atomic E-state index is 13.0. The molecule has 0 aromatic heterocycles.